The number of nitrogens with two attached hydrogens (primary N) is 1. The molecule has 1 aromatic rings. The Morgan fingerprint density at radius 3 is 2.41 bits per heavy atom. The quantitative estimate of drug-likeness (QED) is 0.401. The largest absolute Gasteiger partial charge is 1.00 e. The van der Waals surface area contributed by atoms with Gasteiger partial charge in [-0.2, -0.15) is 0 Å². The summed E-state index contributed by atoms with van der Waals surface area (Å²) in [4.78, 5) is 0. The van der Waals surface area contributed by atoms with Gasteiger partial charge in [0, 0.05) is 6.07 Å². The Kier molecular flexibility index (Phi) is 8.15. The lowest BCUT2D eigenvalue weighted by molar-refractivity contribution is -0.870. The Labute approximate surface area is 115 Å². The number of likely N-dealkylation sites (N-methyl/N-ethyl adjacent to an activating group) is 1. The molecule has 0 spiro atoms. The van der Waals surface area contributed by atoms with E-state index in [1.54, 1.807) is 12.1 Å². The highest BCUT2D eigenvalue weighted by molar-refractivity contribution is 5.85. The number of aromatic hydroxyl groups is 1. The molecule has 1 rings (SSSR count). The van der Waals surface area contributed by atoms with Crippen LogP contribution < -0.4 is 22.9 Å². The van der Waals surface area contributed by atoms with Crippen LogP contribution >= 0.6 is 12.4 Å². The van der Waals surface area contributed by atoms with Crippen LogP contribution in [0.1, 0.15) is 0 Å². The zero-order chi connectivity index (χ0) is 11.5. The van der Waals surface area contributed by atoms with Gasteiger partial charge in [0.25, 0.3) is 0 Å². The SMILES string of the molecule is C[N+](C)(C)CCOc1cc(O)ccc1N.Cl.[Cl-]. The predicted octanol–water partition coefficient (Wildman–Crippen LogP) is -1.51. The first-order valence-corrected chi connectivity index (χ1v) is 4.90. The molecule has 3 N–H and O–H groups in total. The van der Waals surface area contributed by atoms with Crippen LogP contribution in [-0.2, 0) is 0 Å². The van der Waals surface area contributed by atoms with Crippen LogP contribution in [0.3, 0.4) is 0 Å². The molecule has 0 fully saturated rings. The zero-order valence-corrected chi connectivity index (χ0v) is 11.9. The van der Waals surface area contributed by atoms with Crippen molar-refractivity contribution in [2.45, 2.75) is 0 Å². The molecule has 4 nitrogen and oxygen atoms in total. The first kappa shape index (κ1) is 18.5. The Morgan fingerprint density at radius 2 is 1.88 bits per heavy atom. The number of phenolic OH excluding ortho intramolecular Hbond substituents is 1. The van der Waals surface area contributed by atoms with Crippen LogP contribution in [0.4, 0.5) is 5.69 Å². The molecule has 0 bridgehead atoms. The molecule has 6 heteroatoms. The number of hydrogen-bond donors (Lipinski definition) is 2. The summed E-state index contributed by atoms with van der Waals surface area (Å²) in [5, 5.41) is 9.26. The van der Waals surface area contributed by atoms with Crippen molar-refractivity contribution in [1.82, 2.24) is 0 Å². The number of quaternary nitrogens is 1. The highest BCUT2D eigenvalue weighted by atomic mass is 35.5. The number of anilines is 1. The number of nitrogens with zero attached hydrogens (tertiary/aromatic N) is 1. The summed E-state index contributed by atoms with van der Waals surface area (Å²) in [7, 11) is 6.28. The van der Waals surface area contributed by atoms with Gasteiger partial charge in [-0.25, -0.2) is 0 Å². The van der Waals surface area contributed by atoms with Crippen molar-refractivity contribution in [3.63, 3.8) is 0 Å². The van der Waals surface area contributed by atoms with E-state index < -0.39 is 0 Å². The van der Waals surface area contributed by atoms with Gasteiger partial charge in [-0.05, 0) is 12.1 Å². The minimum atomic E-state index is 0. The maximum Gasteiger partial charge on any atom is 0.146 e. The fraction of sp³-hybridized carbons (Fsp3) is 0.455. The predicted molar refractivity (Wildman–Crippen MR) is 68.2 cm³/mol. The molecular weight excluding hydrogens is 263 g/mol. The first-order chi connectivity index (χ1) is 6.88. The van der Waals surface area contributed by atoms with E-state index in [-0.39, 0.29) is 30.6 Å². The lowest BCUT2D eigenvalue weighted by Gasteiger charge is -2.23. The number of halogens is 2. The van der Waals surface area contributed by atoms with E-state index in [4.69, 9.17) is 10.5 Å². The molecule has 0 amide bonds. The third kappa shape index (κ3) is 7.15. The Bertz CT molecular complexity index is 341. The van der Waals surface area contributed by atoms with Crippen molar-refractivity contribution >= 4 is 18.1 Å². The number of nitrogen functional groups attached to an aromatic ring is 1. The number of benzene rings is 1. The van der Waals surface area contributed by atoms with Gasteiger partial charge in [-0.3, -0.25) is 0 Å². The van der Waals surface area contributed by atoms with Crippen LogP contribution in [0.5, 0.6) is 11.5 Å². The average molecular weight is 283 g/mol. The van der Waals surface area contributed by atoms with Crippen LogP contribution in [0.2, 0.25) is 0 Å². The summed E-state index contributed by atoms with van der Waals surface area (Å²) in [5.74, 6) is 0.716. The minimum absolute atomic E-state index is 0. The summed E-state index contributed by atoms with van der Waals surface area (Å²) in [6, 6.07) is 4.71. The Morgan fingerprint density at radius 1 is 1.29 bits per heavy atom. The van der Waals surface area contributed by atoms with Gasteiger partial charge < -0.3 is 32.5 Å². The van der Waals surface area contributed by atoms with Crippen LogP contribution in [0.25, 0.3) is 0 Å². The average Bonchev–Trinajstić information content (AvgIpc) is 2.09. The standard InChI is InChI=1S/C11H18N2O2.2ClH/c1-13(2,3)6-7-15-11-8-9(14)4-5-10(11)12;;/h4-5,8H,6-7,12H2,1-3H3;2*1H. The molecule has 0 atom stereocenters. The number of rotatable bonds is 4. The topological polar surface area (TPSA) is 55.5 Å². The van der Waals surface area contributed by atoms with Crippen molar-refractivity contribution in [2.75, 3.05) is 40.0 Å². The van der Waals surface area contributed by atoms with E-state index in [9.17, 15) is 5.11 Å². The summed E-state index contributed by atoms with van der Waals surface area (Å²) < 4.78 is 6.33. The molecule has 100 valence electrons. The number of ether oxygens (including phenoxy) is 1. The highest BCUT2D eigenvalue weighted by Gasteiger charge is 2.08. The van der Waals surface area contributed by atoms with Gasteiger partial charge in [-0.1, -0.05) is 0 Å². The fourth-order valence-electron chi connectivity index (χ4n) is 1.08. The lowest BCUT2D eigenvalue weighted by atomic mass is 10.3. The third-order valence-corrected chi connectivity index (χ3v) is 2.02. The highest BCUT2D eigenvalue weighted by Crippen LogP contribution is 2.25. The van der Waals surface area contributed by atoms with E-state index in [1.807, 2.05) is 0 Å². The van der Waals surface area contributed by atoms with Gasteiger partial charge in [0.2, 0.25) is 0 Å². The third-order valence-electron chi connectivity index (χ3n) is 2.02. The van der Waals surface area contributed by atoms with Crippen molar-refractivity contribution in [2.24, 2.45) is 0 Å². The van der Waals surface area contributed by atoms with E-state index in [0.717, 1.165) is 11.0 Å². The van der Waals surface area contributed by atoms with Crippen LogP contribution in [0.15, 0.2) is 18.2 Å². The second-order valence-electron chi connectivity index (χ2n) is 4.58. The zero-order valence-electron chi connectivity index (χ0n) is 10.3. The van der Waals surface area contributed by atoms with Crippen molar-refractivity contribution < 1.29 is 26.7 Å². The molecule has 0 saturated heterocycles. The van der Waals surface area contributed by atoms with E-state index in [2.05, 4.69) is 21.1 Å². The number of hydrogen-bond acceptors (Lipinski definition) is 3. The van der Waals surface area contributed by atoms with E-state index in [1.165, 1.54) is 6.07 Å². The second kappa shape index (κ2) is 7.48. The van der Waals surface area contributed by atoms with Gasteiger partial charge in [0.15, 0.2) is 0 Å². The molecule has 0 radical (unpaired) electrons. The molecule has 0 aliphatic rings. The monoisotopic (exact) mass is 282 g/mol. The van der Waals surface area contributed by atoms with Gasteiger partial charge >= 0.3 is 0 Å². The van der Waals surface area contributed by atoms with Crippen molar-refractivity contribution in [1.29, 1.82) is 0 Å². The van der Waals surface area contributed by atoms with Crippen LogP contribution in [0, 0.1) is 0 Å². The Balaban J connectivity index is 0. The fourth-order valence-corrected chi connectivity index (χ4v) is 1.08. The normalized spacial score (nSPS) is 10.1. The van der Waals surface area contributed by atoms with Crippen LogP contribution in [-0.4, -0.2) is 43.9 Å². The molecule has 0 saturated carbocycles. The maximum absolute atomic E-state index is 9.26. The molecule has 0 aliphatic carbocycles. The Hall–Kier alpha value is -0.840. The van der Waals surface area contributed by atoms with Crippen molar-refractivity contribution in [3.05, 3.63) is 18.2 Å². The molecule has 0 aliphatic heterocycles. The summed E-state index contributed by atoms with van der Waals surface area (Å²) in [6.07, 6.45) is 0. The molecule has 17 heavy (non-hydrogen) atoms. The maximum atomic E-state index is 9.26. The van der Waals surface area contributed by atoms with Crippen molar-refractivity contribution in [3.8, 4) is 11.5 Å². The van der Waals surface area contributed by atoms with Gasteiger partial charge in [0.05, 0.1) is 26.8 Å². The molecular formula is C11H20Cl2N2O2. The smallest absolute Gasteiger partial charge is 0.146 e. The minimum Gasteiger partial charge on any atom is -1.00 e. The summed E-state index contributed by atoms with van der Waals surface area (Å²) >= 11 is 0. The van der Waals surface area contributed by atoms with Gasteiger partial charge in [0.1, 0.15) is 24.7 Å². The molecule has 0 heterocycles. The lowest BCUT2D eigenvalue weighted by Crippen LogP contribution is -3.00. The molecule has 0 aromatic heterocycles. The van der Waals surface area contributed by atoms with E-state index in [0.29, 0.717) is 18.0 Å². The summed E-state index contributed by atoms with van der Waals surface area (Å²) in [5.41, 5.74) is 6.25. The molecule has 0 unspecified atom stereocenters. The van der Waals surface area contributed by atoms with E-state index >= 15 is 0 Å². The summed E-state index contributed by atoms with van der Waals surface area (Å²) in [6.45, 7) is 1.46. The first-order valence-electron chi connectivity index (χ1n) is 4.90. The number of phenols is 1. The molecule has 1 aromatic carbocycles. The second-order valence-corrected chi connectivity index (χ2v) is 4.58. The van der Waals surface area contributed by atoms with Gasteiger partial charge in [-0.15, -0.1) is 12.4 Å².